The fourth-order valence-corrected chi connectivity index (χ4v) is 6.36. The van der Waals surface area contributed by atoms with E-state index in [-0.39, 0.29) is 18.5 Å². The summed E-state index contributed by atoms with van der Waals surface area (Å²) < 4.78 is 5.86. The molecule has 0 aromatic heterocycles. The molecule has 0 bridgehead atoms. The van der Waals surface area contributed by atoms with Gasteiger partial charge in [0.2, 0.25) is 0 Å². The minimum atomic E-state index is -0.724. The van der Waals surface area contributed by atoms with Crippen molar-refractivity contribution < 1.29 is 19.4 Å². The highest BCUT2D eigenvalue weighted by molar-refractivity contribution is 5.69. The zero-order chi connectivity index (χ0) is 32.2. The Hall–Kier alpha value is -1.06. The third kappa shape index (κ3) is 35.4. The molecule has 262 valence electrons. The van der Waals surface area contributed by atoms with Crippen LogP contribution in [0.2, 0.25) is 0 Å². The number of esters is 1. The lowest BCUT2D eigenvalue weighted by atomic mass is 10.0. The van der Waals surface area contributed by atoms with Crippen molar-refractivity contribution in [2.75, 3.05) is 0 Å². The molecule has 1 N–H and O–H groups in total. The summed E-state index contributed by atoms with van der Waals surface area (Å²) in [5, 5.41) is 8.81. The van der Waals surface area contributed by atoms with E-state index in [1.54, 1.807) is 0 Å². The van der Waals surface area contributed by atoms with Crippen LogP contribution in [0.1, 0.15) is 239 Å². The molecule has 1 atom stereocenters. The van der Waals surface area contributed by atoms with Crippen LogP contribution in [-0.4, -0.2) is 23.1 Å². The quantitative estimate of drug-likeness (QED) is 0.0553. The van der Waals surface area contributed by atoms with Gasteiger partial charge in [0, 0.05) is 12.8 Å². The van der Waals surface area contributed by atoms with E-state index >= 15 is 0 Å². The summed E-state index contributed by atoms with van der Waals surface area (Å²) in [5.41, 5.74) is 0. The summed E-state index contributed by atoms with van der Waals surface area (Å²) in [6.45, 7) is 4.51. The molecule has 44 heavy (non-hydrogen) atoms. The molecule has 0 aromatic rings. The predicted octanol–water partition coefficient (Wildman–Crippen LogP) is 13.7. The summed E-state index contributed by atoms with van der Waals surface area (Å²) in [5.74, 6) is -0.757. The number of carbonyl (C=O) groups excluding carboxylic acids is 1. The molecule has 0 aromatic carbocycles. The highest BCUT2D eigenvalue weighted by Crippen LogP contribution is 2.18. The minimum absolute atomic E-state index is 0.0126. The second kappa shape index (κ2) is 36.4. The van der Waals surface area contributed by atoms with E-state index in [0.717, 1.165) is 44.9 Å². The Bertz CT molecular complexity index is 590. The van der Waals surface area contributed by atoms with Gasteiger partial charge < -0.3 is 9.84 Å². The molecule has 0 fully saturated rings. The summed E-state index contributed by atoms with van der Waals surface area (Å²) in [4.78, 5) is 23.2. The first kappa shape index (κ1) is 42.9. The van der Waals surface area contributed by atoms with Gasteiger partial charge in [-0.15, -0.1) is 0 Å². The highest BCUT2D eigenvalue weighted by Gasteiger charge is 2.14. The van der Waals surface area contributed by atoms with Crippen LogP contribution in [0.4, 0.5) is 0 Å². The molecular formula is C40H78O4. The van der Waals surface area contributed by atoms with Gasteiger partial charge in [-0.3, -0.25) is 9.59 Å². The van der Waals surface area contributed by atoms with Gasteiger partial charge in [-0.25, -0.2) is 0 Å². The molecular weight excluding hydrogens is 544 g/mol. The number of ether oxygens (including phenoxy) is 1. The summed E-state index contributed by atoms with van der Waals surface area (Å²) in [6, 6.07) is 0. The molecule has 0 radical (unpaired) electrons. The lowest BCUT2D eigenvalue weighted by molar-refractivity contribution is -0.150. The van der Waals surface area contributed by atoms with Crippen molar-refractivity contribution >= 4 is 11.9 Å². The highest BCUT2D eigenvalue weighted by atomic mass is 16.5. The molecule has 0 heterocycles. The Morgan fingerprint density at radius 3 is 1.02 bits per heavy atom. The van der Waals surface area contributed by atoms with Crippen LogP contribution in [0.5, 0.6) is 0 Å². The number of carboxylic acid groups (broad SMARTS) is 1. The second-order valence-corrected chi connectivity index (χ2v) is 13.8. The molecule has 4 heteroatoms. The monoisotopic (exact) mass is 623 g/mol. The number of unbranched alkanes of at least 4 members (excludes halogenated alkanes) is 28. The number of hydrogen-bond acceptors (Lipinski definition) is 3. The molecule has 0 saturated heterocycles. The first-order valence-corrected chi connectivity index (χ1v) is 20.0. The lowest BCUT2D eigenvalue weighted by Gasteiger charge is -2.18. The normalized spacial score (nSPS) is 12.0. The zero-order valence-electron chi connectivity index (χ0n) is 30.0. The fraction of sp³-hybridized carbons (Fsp3) is 0.950. The van der Waals surface area contributed by atoms with Crippen LogP contribution in [0.15, 0.2) is 0 Å². The SMILES string of the molecule is CCCCCCCCCCCCCCCCCCCCCCCCCCC(=O)OC(CCCCCC)CCCCCC(=O)O. The smallest absolute Gasteiger partial charge is 0.306 e. The van der Waals surface area contributed by atoms with Crippen LogP contribution in [0.25, 0.3) is 0 Å². The third-order valence-corrected chi connectivity index (χ3v) is 9.33. The van der Waals surface area contributed by atoms with Crippen molar-refractivity contribution in [2.45, 2.75) is 245 Å². The van der Waals surface area contributed by atoms with Crippen LogP contribution in [-0.2, 0) is 14.3 Å². The Morgan fingerprint density at radius 1 is 0.409 bits per heavy atom. The minimum Gasteiger partial charge on any atom is -0.481 e. The fourth-order valence-electron chi connectivity index (χ4n) is 6.36. The van der Waals surface area contributed by atoms with Crippen molar-refractivity contribution in [2.24, 2.45) is 0 Å². The van der Waals surface area contributed by atoms with E-state index < -0.39 is 5.97 Å². The van der Waals surface area contributed by atoms with E-state index in [1.807, 2.05) is 0 Å². The Balaban J connectivity index is 3.50. The maximum absolute atomic E-state index is 12.4. The van der Waals surface area contributed by atoms with E-state index in [4.69, 9.17) is 9.84 Å². The third-order valence-electron chi connectivity index (χ3n) is 9.33. The summed E-state index contributed by atoms with van der Waals surface area (Å²) in [6.07, 6.45) is 43.1. The van der Waals surface area contributed by atoms with Gasteiger partial charge in [-0.1, -0.05) is 187 Å². The van der Waals surface area contributed by atoms with Crippen molar-refractivity contribution in [3.05, 3.63) is 0 Å². The lowest BCUT2D eigenvalue weighted by Crippen LogP contribution is -2.18. The molecule has 0 aliphatic heterocycles. The average molecular weight is 623 g/mol. The van der Waals surface area contributed by atoms with Crippen molar-refractivity contribution in [1.82, 2.24) is 0 Å². The Kier molecular flexibility index (Phi) is 35.5. The summed E-state index contributed by atoms with van der Waals surface area (Å²) in [7, 11) is 0. The molecule has 0 aliphatic carbocycles. The Morgan fingerprint density at radius 2 is 0.682 bits per heavy atom. The van der Waals surface area contributed by atoms with E-state index in [1.165, 1.54) is 161 Å². The van der Waals surface area contributed by atoms with Gasteiger partial charge in [0.25, 0.3) is 0 Å². The maximum Gasteiger partial charge on any atom is 0.306 e. The van der Waals surface area contributed by atoms with Gasteiger partial charge in [-0.2, -0.15) is 0 Å². The molecule has 0 saturated carbocycles. The topological polar surface area (TPSA) is 63.6 Å². The molecule has 0 spiro atoms. The average Bonchev–Trinajstić information content (AvgIpc) is 3.01. The first-order valence-electron chi connectivity index (χ1n) is 20.0. The van der Waals surface area contributed by atoms with Crippen LogP contribution >= 0.6 is 0 Å². The van der Waals surface area contributed by atoms with Gasteiger partial charge in [-0.05, 0) is 38.5 Å². The first-order chi connectivity index (χ1) is 21.6. The molecule has 4 nitrogen and oxygen atoms in total. The molecule has 0 rings (SSSR count). The number of rotatable bonds is 37. The van der Waals surface area contributed by atoms with Crippen molar-refractivity contribution in [1.29, 1.82) is 0 Å². The van der Waals surface area contributed by atoms with Gasteiger partial charge in [0.05, 0.1) is 0 Å². The number of carbonyl (C=O) groups is 2. The number of carboxylic acids is 1. The van der Waals surface area contributed by atoms with Gasteiger partial charge >= 0.3 is 11.9 Å². The predicted molar refractivity (Wildman–Crippen MR) is 190 cm³/mol. The molecule has 0 aliphatic rings. The van der Waals surface area contributed by atoms with Gasteiger partial charge in [0.1, 0.15) is 6.10 Å². The van der Waals surface area contributed by atoms with E-state index in [0.29, 0.717) is 12.8 Å². The maximum atomic E-state index is 12.4. The van der Waals surface area contributed by atoms with Crippen molar-refractivity contribution in [3.8, 4) is 0 Å². The largest absolute Gasteiger partial charge is 0.481 e. The summed E-state index contributed by atoms with van der Waals surface area (Å²) >= 11 is 0. The van der Waals surface area contributed by atoms with E-state index in [9.17, 15) is 9.59 Å². The van der Waals surface area contributed by atoms with Crippen molar-refractivity contribution in [3.63, 3.8) is 0 Å². The van der Waals surface area contributed by atoms with Crippen LogP contribution in [0, 0.1) is 0 Å². The number of aliphatic carboxylic acids is 1. The molecule has 0 amide bonds. The second-order valence-electron chi connectivity index (χ2n) is 13.8. The Labute approximate surface area is 275 Å². The standard InChI is InChI=1S/C40H78O4/c1-3-5-7-9-10-11-12-13-14-15-16-17-18-19-20-21-22-23-24-25-26-27-28-33-37-40(43)44-38(34-30-8-6-4-2)35-31-29-32-36-39(41)42/h38H,3-37H2,1-2H3,(H,41,42). The van der Waals surface area contributed by atoms with Gasteiger partial charge in [0.15, 0.2) is 0 Å². The van der Waals surface area contributed by atoms with E-state index in [2.05, 4.69) is 13.8 Å². The zero-order valence-corrected chi connectivity index (χ0v) is 30.0. The molecule has 1 unspecified atom stereocenters. The van der Waals surface area contributed by atoms with Crippen LogP contribution < -0.4 is 0 Å². The number of hydrogen-bond donors (Lipinski definition) is 1. The van der Waals surface area contributed by atoms with Crippen LogP contribution in [0.3, 0.4) is 0 Å².